The summed E-state index contributed by atoms with van der Waals surface area (Å²) in [5.41, 5.74) is 1.15. The van der Waals surface area contributed by atoms with Crippen molar-refractivity contribution < 1.29 is 18.8 Å². The zero-order chi connectivity index (χ0) is 27.9. The van der Waals surface area contributed by atoms with Crippen LogP contribution in [0.5, 0.6) is 0 Å². The average Bonchev–Trinajstić information content (AvgIpc) is 3.00. The first kappa shape index (κ1) is 27.6. The van der Waals surface area contributed by atoms with Crippen molar-refractivity contribution in [3.05, 3.63) is 52.8 Å². The van der Waals surface area contributed by atoms with E-state index >= 15 is 0 Å². The fourth-order valence-corrected chi connectivity index (χ4v) is 5.80. The molecule has 0 radical (unpaired) electrons. The fourth-order valence-electron chi connectivity index (χ4n) is 5.64. The predicted octanol–water partition coefficient (Wildman–Crippen LogP) is 3.51. The highest BCUT2D eigenvalue weighted by Crippen LogP contribution is 2.32. The molecule has 2 aromatic carbocycles. The molecule has 0 spiro atoms. The number of carbonyl (C=O) groups is 3. The summed E-state index contributed by atoms with van der Waals surface area (Å²) in [6.45, 7) is 8.63. The van der Waals surface area contributed by atoms with Gasteiger partial charge in [0.05, 0.1) is 23.8 Å². The van der Waals surface area contributed by atoms with Gasteiger partial charge in [-0.05, 0) is 67.2 Å². The number of fused-ring (bicyclic) bond motifs is 2. The highest BCUT2D eigenvalue weighted by atomic mass is 35.5. The van der Waals surface area contributed by atoms with E-state index in [-0.39, 0.29) is 52.9 Å². The molecule has 0 unspecified atom stereocenters. The normalized spacial score (nSPS) is 21.1. The summed E-state index contributed by atoms with van der Waals surface area (Å²) in [6, 6.07) is 8.28. The molecule has 3 amide bonds. The van der Waals surface area contributed by atoms with Crippen LogP contribution >= 0.6 is 11.6 Å². The first-order valence-electron chi connectivity index (χ1n) is 13.5. The zero-order valence-corrected chi connectivity index (χ0v) is 23.3. The Morgan fingerprint density at radius 2 is 1.82 bits per heavy atom. The third-order valence-corrected chi connectivity index (χ3v) is 8.10. The SMILES string of the molecule is CC(C)(C)[C@H](NC1CCNCC1)C(=O)N1CCN2C(=O)c3cc(-c4ccc(Cl)cc4F)ccc3NC(=O)[C@H]2C1. The first-order valence-corrected chi connectivity index (χ1v) is 13.9. The number of piperidine rings is 1. The molecule has 3 aliphatic rings. The van der Waals surface area contributed by atoms with Crippen LogP contribution in [0.4, 0.5) is 10.1 Å². The molecule has 0 aromatic heterocycles. The second kappa shape index (κ2) is 10.9. The lowest BCUT2D eigenvalue weighted by Crippen LogP contribution is -2.64. The Labute approximate surface area is 233 Å². The Morgan fingerprint density at radius 3 is 2.51 bits per heavy atom. The largest absolute Gasteiger partial charge is 0.337 e. The smallest absolute Gasteiger partial charge is 0.256 e. The van der Waals surface area contributed by atoms with Gasteiger partial charge in [-0.1, -0.05) is 38.4 Å². The lowest BCUT2D eigenvalue weighted by atomic mass is 9.84. The van der Waals surface area contributed by atoms with Crippen LogP contribution in [0.1, 0.15) is 44.0 Å². The van der Waals surface area contributed by atoms with Crippen molar-refractivity contribution in [3.63, 3.8) is 0 Å². The third-order valence-electron chi connectivity index (χ3n) is 7.86. The number of carbonyl (C=O) groups excluding carboxylic acids is 3. The minimum Gasteiger partial charge on any atom is -0.337 e. The standard InChI is InChI=1S/C29H35ClFN5O3/c1-29(2,3)25(33-19-8-10-32-11-9-19)28(39)35-12-13-36-24(16-35)26(37)34-23-7-4-17(14-21(23)27(36)38)20-6-5-18(30)15-22(20)31/h4-7,14-15,19,24-25,32-33H,8-13,16H2,1-3H3,(H,34,37)/t24-,25-/m1/s1. The summed E-state index contributed by atoms with van der Waals surface area (Å²) < 4.78 is 14.6. The highest BCUT2D eigenvalue weighted by molar-refractivity contribution is 6.30. The predicted molar refractivity (Wildman–Crippen MR) is 149 cm³/mol. The van der Waals surface area contributed by atoms with Gasteiger partial charge in [0, 0.05) is 29.7 Å². The third kappa shape index (κ3) is 5.66. The number of rotatable bonds is 4. The lowest BCUT2D eigenvalue weighted by molar-refractivity contribution is -0.140. The first-order chi connectivity index (χ1) is 18.5. The van der Waals surface area contributed by atoms with Gasteiger partial charge in [0.15, 0.2) is 0 Å². The Kier molecular flexibility index (Phi) is 7.68. The monoisotopic (exact) mass is 555 g/mol. The van der Waals surface area contributed by atoms with Gasteiger partial charge >= 0.3 is 0 Å². The van der Waals surface area contributed by atoms with Gasteiger partial charge in [-0.2, -0.15) is 0 Å². The van der Waals surface area contributed by atoms with Gasteiger partial charge in [-0.3, -0.25) is 14.4 Å². The maximum Gasteiger partial charge on any atom is 0.256 e. The number of nitrogens with zero attached hydrogens (tertiary/aromatic N) is 2. The van der Waals surface area contributed by atoms with Gasteiger partial charge in [0.25, 0.3) is 5.91 Å². The van der Waals surface area contributed by atoms with Crippen LogP contribution in [0, 0.1) is 11.2 Å². The van der Waals surface area contributed by atoms with E-state index in [1.165, 1.54) is 11.0 Å². The summed E-state index contributed by atoms with van der Waals surface area (Å²) in [7, 11) is 0. The van der Waals surface area contributed by atoms with E-state index in [1.807, 2.05) is 20.8 Å². The molecule has 3 heterocycles. The number of amides is 3. The molecule has 3 aliphatic heterocycles. The number of hydrogen-bond acceptors (Lipinski definition) is 5. The molecule has 0 bridgehead atoms. The number of nitrogens with one attached hydrogen (secondary N) is 3. The van der Waals surface area contributed by atoms with Crippen molar-refractivity contribution in [1.29, 1.82) is 0 Å². The van der Waals surface area contributed by atoms with Crippen molar-refractivity contribution in [1.82, 2.24) is 20.4 Å². The van der Waals surface area contributed by atoms with E-state index in [2.05, 4.69) is 16.0 Å². The molecule has 0 saturated carbocycles. The topological polar surface area (TPSA) is 93.8 Å². The van der Waals surface area contributed by atoms with E-state index in [4.69, 9.17) is 11.6 Å². The summed E-state index contributed by atoms with van der Waals surface area (Å²) in [4.78, 5) is 44.0. The zero-order valence-electron chi connectivity index (χ0n) is 22.5. The second-order valence-electron chi connectivity index (χ2n) is 11.7. The van der Waals surface area contributed by atoms with Gasteiger partial charge in [-0.25, -0.2) is 4.39 Å². The van der Waals surface area contributed by atoms with Crippen molar-refractivity contribution >= 4 is 35.0 Å². The maximum absolute atomic E-state index is 14.6. The molecule has 208 valence electrons. The maximum atomic E-state index is 14.6. The Morgan fingerprint density at radius 1 is 1.08 bits per heavy atom. The molecule has 2 aromatic rings. The molecule has 2 fully saturated rings. The molecule has 5 rings (SSSR count). The molecule has 10 heteroatoms. The van der Waals surface area contributed by atoms with E-state index in [0.29, 0.717) is 23.4 Å². The van der Waals surface area contributed by atoms with Crippen LogP contribution in [0.3, 0.4) is 0 Å². The lowest BCUT2D eigenvalue weighted by Gasteiger charge is -2.43. The van der Waals surface area contributed by atoms with E-state index in [9.17, 15) is 18.8 Å². The van der Waals surface area contributed by atoms with Gasteiger partial charge in [-0.15, -0.1) is 0 Å². The highest BCUT2D eigenvalue weighted by Gasteiger charge is 2.43. The van der Waals surface area contributed by atoms with E-state index < -0.39 is 17.9 Å². The summed E-state index contributed by atoms with van der Waals surface area (Å²) >= 11 is 5.90. The van der Waals surface area contributed by atoms with Crippen molar-refractivity contribution in [3.8, 4) is 11.1 Å². The average molecular weight is 556 g/mol. The molecule has 2 saturated heterocycles. The van der Waals surface area contributed by atoms with E-state index in [1.54, 1.807) is 35.2 Å². The number of piperazine rings is 1. The minimum atomic E-state index is -0.821. The quantitative estimate of drug-likeness (QED) is 0.537. The van der Waals surface area contributed by atoms with Crippen LogP contribution in [-0.2, 0) is 9.59 Å². The van der Waals surface area contributed by atoms with Crippen molar-refractivity contribution in [2.75, 3.05) is 38.0 Å². The number of hydrogen-bond donors (Lipinski definition) is 3. The van der Waals surface area contributed by atoms with Crippen LogP contribution in [0.15, 0.2) is 36.4 Å². The molecule has 2 atom stereocenters. The fraction of sp³-hybridized carbons (Fsp3) is 0.483. The molecular formula is C29H35ClFN5O3. The van der Waals surface area contributed by atoms with Crippen LogP contribution in [-0.4, -0.2) is 78.4 Å². The van der Waals surface area contributed by atoms with Crippen molar-refractivity contribution in [2.45, 2.75) is 51.7 Å². The summed E-state index contributed by atoms with van der Waals surface area (Å²) in [5, 5.41) is 10.1. The number of anilines is 1. The molecule has 0 aliphatic carbocycles. The van der Waals surface area contributed by atoms with Gasteiger partial charge < -0.3 is 25.8 Å². The molecule has 8 nitrogen and oxygen atoms in total. The van der Waals surface area contributed by atoms with Gasteiger partial charge in [0.2, 0.25) is 11.8 Å². The molecular weight excluding hydrogens is 521 g/mol. The Bertz CT molecular complexity index is 1290. The molecule has 39 heavy (non-hydrogen) atoms. The minimum absolute atomic E-state index is 0.0526. The summed E-state index contributed by atoms with van der Waals surface area (Å²) in [5.74, 6) is -1.22. The van der Waals surface area contributed by atoms with Crippen molar-refractivity contribution in [2.24, 2.45) is 5.41 Å². The van der Waals surface area contributed by atoms with E-state index in [0.717, 1.165) is 25.9 Å². The number of benzene rings is 2. The number of halogens is 2. The Hall–Kier alpha value is -3.01. The van der Waals surface area contributed by atoms with Crippen LogP contribution in [0.25, 0.3) is 11.1 Å². The molecule has 3 N–H and O–H groups in total. The van der Waals surface area contributed by atoms with Gasteiger partial charge in [0.1, 0.15) is 11.9 Å². The Balaban J connectivity index is 1.37. The summed E-state index contributed by atoms with van der Waals surface area (Å²) in [6.07, 6.45) is 1.90. The second-order valence-corrected chi connectivity index (χ2v) is 12.1. The van der Waals surface area contributed by atoms with Crippen LogP contribution in [0.2, 0.25) is 5.02 Å². The van der Waals surface area contributed by atoms with Crippen LogP contribution < -0.4 is 16.0 Å².